The van der Waals surface area contributed by atoms with E-state index in [1.807, 2.05) is 0 Å². The lowest BCUT2D eigenvalue weighted by Crippen LogP contribution is -2.59. The van der Waals surface area contributed by atoms with Crippen molar-refractivity contribution in [3.8, 4) is 0 Å². The van der Waals surface area contributed by atoms with Gasteiger partial charge in [-0.15, -0.1) is 0 Å². The SMILES string of the molecule is CC(O)C(NC(=O)C(Cc1ccccc1)NC(=O)C(CCC(N)=O)NC(=O)C(N)CO)C(=O)O. The van der Waals surface area contributed by atoms with E-state index in [1.54, 1.807) is 30.3 Å². The standard InChI is InChI=1S/C21H31N5O8/c1-11(28)17(21(33)34)26-20(32)15(9-12-5-3-2-4-6-12)25-19(31)14(7-8-16(23)29)24-18(30)13(22)10-27/h2-6,11,13-15,17,27-28H,7-10,22H2,1H3,(H2,23,29)(H,24,30)(H,25,31)(H,26,32)(H,33,34). The van der Waals surface area contributed by atoms with Crippen LogP contribution in [0.4, 0.5) is 0 Å². The zero-order chi connectivity index (χ0) is 25.8. The van der Waals surface area contributed by atoms with Gasteiger partial charge in [-0.3, -0.25) is 19.2 Å². The van der Waals surface area contributed by atoms with Crippen LogP contribution in [-0.4, -0.2) is 81.8 Å². The number of nitrogens with one attached hydrogen (secondary N) is 3. The van der Waals surface area contributed by atoms with E-state index in [0.717, 1.165) is 0 Å². The van der Waals surface area contributed by atoms with Crippen LogP contribution in [0.1, 0.15) is 25.3 Å². The first-order valence-electron chi connectivity index (χ1n) is 10.5. The number of primary amides is 1. The van der Waals surface area contributed by atoms with Gasteiger partial charge in [0, 0.05) is 12.8 Å². The normalized spacial score (nSPS) is 15.2. The monoisotopic (exact) mass is 481 g/mol. The number of nitrogens with two attached hydrogens (primary N) is 2. The van der Waals surface area contributed by atoms with Crippen molar-refractivity contribution >= 4 is 29.6 Å². The molecule has 5 unspecified atom stereocenters. The van der Waals surface area contributed by atoms with Crippen LogP contribution in [0.15, 0.2) is 30.3 Å². The van der Waals surface area contributed by atoms with Gasteiger partial charge in [0.15, 0.2) is 6.04 Å². The summed E-state index contributed by atoms with van der Waals surface area (Å²) in [5.41, 5.74) is 11.2. The van der Waals surface area contributed by atoms with E-state index in [-0.39, 0.29) is 19.3 Å². The van der Waals surface area contributed by atoms with Crippen LogP contribution < -0.4 is 27.4 Å². The number of aliphatic hydroxyl groups is 2. The molecule has 4 amide bonds. The summed E-state index contributed by atoms with van der Waals surface area (Å²) in [6, 6.07) is 2.94. The number of carbonyl (C=O) groups is 5. The molecule has 0 saturated carbocycles. The number of benzene rings is 1. The number of carboxylic acids is 1. The molecule has 10 N–H and O–H groups in total. The summed E-state index contributed by atoms with van der Waals surface area (Å²) in [6.07, 6.45) is -1.95. The Labute approximate surface area is 195 Å². The molecule has 0 heterocycles. The Kier molecular flexibility index (Phi) is 11.6. The summed E-state index contributed by atoms with van der Waals surface area (Å²) in [7, 11) is 0. The van der Waals surface area contributed by atoms with E-state index >= 15 is 0 Å². The number of carboxylic acid groups (broad SMARTS) is 1. The minimum absolute atomic E-state index is 0.0444. The fourth-order valence-electron chi connectivity index (χ4n) is 2.89. The molecule has 5 atom stereocenters. The Morgan fingerprint density at radius 3 is 2.00 bits per heavy atom. The second-order valence-corrected chi connectivity index (χ2v) is 7.67. The number of aliphatic carboxylic acids is 1. The highest BCUT2D eigenvalue weighted by molar-refractivity contribution is 5.94. The minimum Gasteiger partial charge on any atom is -0.480 e. The van der Waals surface area contributed by atoms with Gasteiger partial charge in [0.05, 0.1) is 12.7 Å². The molecule has 0 aromatic heterocycles. The van der Waals surface area contributed by atoms with Crippen molar-refractivity contribution in [2.75, 3.05) is 6.61 Å². The molecule has 188 valence electrons. The third-order valence-corrected chi connectivity index (χ3v) is 4.81. The van der Waals surface area contributed by atoms with Crippen molar-refractivity contribution in [3.05, 3.63) is 35.9 Å². The minimum atomic E-state index is -1.63. The van der Waals surface area contributed by atoms with Crippen molar-refractivity contribution in [1.82, 2.24) is 16.0 Å². The van der Waals surface area contributed by atoms with Gasteiger partial charge < -0.3 is 42.7 Å². The van der Waals surface area contributed by atoms with Crippen molar-refractivity contribution in [2.24, 2.45) is 11.5 Å². The smallest absolute Gasteiger partial charge is 0.328 e. The fourth-order valence-corrected chi connectivity index (χ4v) is 2.89. The molecular weight excluding hydrogens is 450 g/mol. The van der Waals surface area contributed by atoms with E-state index < -0.39 is 66.5 Å². The van der Waals surface area contributed by atoms with Gasteiger partial charge in [0.25, 0.3) is 0 Å². The second kappa shape index (κ2) is 13.9. The molecule has 0 aliphatic heterocycles. The first kappa shape index (κ1) is 28.5. The molecule has 13 heteroatoms. The maximum absolute atomic E-state index is 12.9. The van der Waals surface area contributed by atoms with Gasteiger partial charge in [-0.25, -0.2) is 4.79 Å². The Hall–Kier alpha value is -3.55. The molecule has 1 aromatic rings. The number of hydrogen-bond acceptors (Lipinski definition) is 8. The quantitative estimate of drug-likeness (QED) is 0.133. The third-order valence-electron chi connectivity index (χ3n) is 4.81. The molecule has 1 rings (SSSR count). The Bertz CT molecular complexity index is 864. The third kappa shape index (κ3) is 9.52. The summed E-state index contributed by atoms with van der Waals surface area (Å²) in [6.45, 7) is 0.495. The van der Waals surface area contributed by atoms with Crippen LogP contribution in [0.25, 0.3) is 0 Å². The molecule has 0 radical (unpaired) electrons. The highest BCUT2D eigenvalue weighted by Gasteiger charge is 2.32. The van der Waals surface area contributed by atoms with E-state index in [9.17, 15) is 34.2 Å². The highest BCUT2D eigenvalue weighted by atomic mass is 16.4. The van der Waals surface area contributed by atoms with E-state index in [1.165, 1.54) is 6.92 Å². The first-order valence-corrected chi connectivity index (χ1v) is 10.5. The average molecular weight is 482 g/mol. The van der Waals surface area contributed by atoms with Crippen molar-refractivity contribution in [1.29, 1.82) is 0 Å². The molecule has 0 fully saturated rings. The Morgan fingerprint density at radius 2 is 1.50 bits per heavy atom. The summed E-state index contributed by atoms with van der Waals surface area (Å²) < 4.78 is 0. The van der Waals surface area contributed by atoms with Crippen molar-refractivity contribution < 1.29 is 39.3 Å². The van der Waals surface area contributed by atoms with Crippen LogP contribution in [0.3, 0.4) is 0 Å². The fraction of sp³-hybridized carbons (Fsp3) is 0.476. The molecule has 34 heavy (non-hydrogen) atoms. The number of hydrogen-bond donors (Lipinski definition) is 8. The van der Waals surface area contributed by atoms with Crippen LogP contribution in [0, 0.1) is 0 Å². The summed E-state index contributed by atoms with van der Waals surface area (Å²) in [5.74, 6) is -4.83. The van der Waals surface area contributed by atoms with Crippen LogP contribution in [-0.2, 0) is 30.4 Å². The lowest BCUT2D eigenvalue weighted by atomic mass is 10.0. The Balaban J connectivity index is 3.13. The lowest BCUT2D eigenvalue weighted by molar-refractivity contribution is -0.145. The summed E-state index contributed by atoms with van der Waals surface area (Å²) in [4.78, 5) is 60.4. The van der Waals surface area contributed by atoms with E-state index in [4.69, 9.17) is 16.6 Å². The maximum atomic E-state index is 12.9. The number of rotatable bonds is 14. The van der Waals surface area contributed by atoms with Crippen molar-refractivity contribution in [3.63, 3.8) is 0 Å². The van der Waals surface area contributed by atoms with Crippen LogP contribution >= 0.6 is 0 Å². The van der Waals surface area contributed by atoms with Gasteiger partial charge in [-0.05, 0) is 18.9 Å². The zero-order valence-corrected chi connectivity index (χ0v) is 18.6. The topological polar surface area (TPSA) is 234 Å². The summed E-state index contributed by atoms with van der Waals surface area (Å²) >= 11 is 0. The van der Waals surface area contributed by atoms with Crippen molar-refractivity contribution in [2.45, 2.75) is 56.5 Å². The molecule has 0 aliphatic carbocycles. The van der Waals surface area contributed by atoms with Gasteiger partial charge in [0.2, 0.25) is 23.6 Å². The maximum Gasteiger partial charge on any atom is 0.328 e. The molecular formula is C21H31N5O8. The molecule has 0 spiro atoms. The zero-order valence-electron chi connectivity index (χ0n) is 18.6. The first-order chi connectivity index (χ1) is 16.0. The van der Waals surface area contributed by atoms with Gasteiger partial charge in [-0.2, -0.15) is 0 Å². The molecule has 1 aromatic carbocycles. The van der Waals surface area contributed by atoms with Gasteiger partial charge >= 0.3 is 5.97 Å². The predicted octanol–water partition coefficient (Wildman–Crippen LogP) is -3.27. The molecule has 0 aliphatic rings. The number of amides is 4. The summed E-state index contributed by atoms with van der Waals surface area (Å²) in [5, 5.41) is 34.9. The largest absolute Gasteiger partial charge is 0.480 e. The number of aliphatic hydroxyl groups excluding tert-OH is 2. The van der Waals surface area contributed by atoms with Gasteiger partial charge in [0.1, 0.15) is 18.1 Å². The molecule has 0 bridgehead atoms. The second-order valence-electron chi connectivity index (χ2n) is 7.67. The Morgan fingerprint density at radius 1 is 0.941 bits per heavy atom. The predicted molar refractivity (Wildman–Crippen MR) is 119 cm³/mol. The van der Waals surface area contributed by atoms with E-state index in [2.05, 4.69) is 16.0 Å². The average Bonchev–Trinajstić information content (AvgIpc) is 2.78. The highest BCUT2D eigenvalue weighted by Crippen LogP contribution is 2.07. The molecule has 0 saturated heterocycles. The van der Waals surface area contributed by atoms with Crippen LogP contribution in [0.2, 0.25) is 0 Å². The number of carbonyl (C=O) groups excluding carboxylic acids is 4. The lowest BCUT2D eigenvalue weighted by Gasteiger charge is -2.25. The van der Waals surface area contributed by atoms with E-state index in [0.29, 0.717) is 5.56 Å². The molecule has 13 nitrogen and oxygen atoms in total. The van der Waals surface area contributed by atoms with Crippen LogP contribution in [0.5, 0.6) is 0 Å². The van der Waals surface area contributed by atoms with Gasteiger partial charge in [-0.1, -0.05) is 30.3 Å².